The third-order valence-electron chi connectivity index (χ3n) is 7.61. The predicted molar refractivity (Wildman–Crippen MR) is 145 cm³/mol. The first-order valence-corrected chi connectivity index (χ1v) is 17.9. The van der Waals surface area contributed by atoms with Gasteiger partial charge in [-0.15, -0.1) is 0 Å². The van der Waals surface area contributed by atoms with Gasteiger partial charge in [0, 0.05) is 21.6 Å². The molecule has 43 heavy (non-hydrogen) atoms. The zero-order valence-corrected chi connectivity index (χ0v) is 25.6. The lowest BCUT2D eigenvalue weighted by atomic mass is 9.95. The van der Waals surface area contributed by atoms with Crippen LogP contribution in [0.5, 0.6) is 0 Å². The largest absolute Gasteiger partial charge is 0.394 e. The predicted octanol–water partition coefficient (Wildman–Crippen LogP) is -5.07. The molecule has 17 nitrogen and oxygen atoms in total. The van der Waals surface area contributed by atoms with E-state index in [1.807, 2.05) is 0 Å². The van der Waals surface area contributed by atoms with Crippen LogP contribution in [-0.4, -0.2) is 178 Å². The van der Waals surface area contributed by atoms with Gasteiger partial charge in [0.1, 0.15) is 73.2 Å². The summed E-state index contributed by atoms with van der Waals surface area (Å²) in [6, 6.07) is -0.666. The minimum absolute atomic E-state index is 0.249. The van der Waals surface area contributed by atoms with E-state index in [0.29, 0.717) is 0 Å². The molecule has 1 amide bonds. The summed E-state index contributed by atoms with van der Waals surface area (Å²) in [5.74, 6) is -0.638. The molecule has 3 aliphatic rings. The Kier molecular flexibility index (Phi) is 13.2. The average molecular weight is 646 g/mol. The molecule has 18 heteroatoms. The molecule has 3 saturated heterocycles. The van der Waals surface area contributed by atoms with Crippen molar-refractivity contribution in [2.45, 2.75) is 125 Å². The fraction of sp³-hybridized carbons (Fsp3) is 0.960. The molecule has 3 heterocycles. The number of hydrogen-bond acceptors (Lipinski definition) is 16. The summed E-state index contributed by atoms with van der Waals surface area (Å²) in [6.45, 7) is 5.54. The van der Waals surface area contributed by atoms with E-state index in [-0.39, 0.29) is 6.61 Å². The summed E-state index contributed by atoms with van der Waals surface area (Å²) >= 11 is 0. The highest BCUT2D eigenvalue weighted by Gasteiger charge is 2.54. The van der Waals surface area contributed by atoms with Gasteiger partial charge in [0.05, 0.1) is 19.8 Å². The molecule has 0 radical (unpaired) electrons. The molecule has 0 aromatic rings. The smallest absolute Gasteiger partial charge is 0.217 e. The Morgan fingerprint density at radius 1 is 0.674 bits per heavy atom. The van der Waals surface area contributed by atoms with Crippen LogP contribution in [-0.2, 0) is 33.2 Å². The summed E-state index contributed by atoms with van der Waals surface area (Å²) in [7, 11) is -1.49. The van der Waals surface area contributed by atoms with E-state index in [9.17, 15) is 50.8 Å². The lowest BCUT2D eigenvalue weighted by Crippen LogP contribution is -2.68. The summed E-state index contributed by atoms with van der Waals surface area (Å²) in [5.41, 5.74) is 0. The van der Waals surface area contributed by atoms with Crippen LogP contribution in [0.15, 0.2) is 0 Å². The van der Waals surface area contributed by atoms with E-state index in [4.69, 9.17) is 28.4 Å². The van der Waals surface area contributed by atoms with E-state index in [0.717, 1.165) is 13.0 Å². The Morgan fingerprint density at radius 2 is 1.21 bits per heavy atom. The highest BCUT2D eigenvalue weighted by atomic mass is 28.3. The third kappa shape index (κ3) is 8.88. The monoisotopic (exact) mass is 645 g/mol. The maximum atomic E-state index is 11.8. The fourth-order valence-electron chi connectivity index (χ4n) is 5.06. The van der Waals surface area contributed by atoms with Crippen LogP contribution in [0.3, 0.4) is 0 Å². The summed E-state index contributed by atoms with van der Waals surface area (Å²) < 4.78 is 33.8. The summed E-state index contributed by atoms with van der Waals surface area (Å²) in [5, 5.41) is 96.1. The van der Waals surface area contributed by atoms with Crippen LogP contribution in [0.2, 0.25) is 25.7 Å². The Labute approximate surface area is 249 Å². The first-order chi connectivity index (χ1) is 20.1. The number of amides is 1. The number of carbonyl (C=O) groups is 1. The Bertz CT molecular complexity index is 881. The normalized spacial score (nSPS) is 44.3. The number of ether oxygens (including phenoxy) is 6. The highest BCUT2D eigenvalue weighted by molar-refractivity contribution is 6.76. The van der Waals surface area contributed by atoms with Crippen molar-refractivity contribution in [3.05, 3.63) is 0 Å². The van der Waals surface area contributed by atoms with Gasteiger partial charge in [-0.1, -0.05) is 19.6 Å². The number of rotatable bonds is 12. The number of carbonyl (C=O) groups excluding carboxylic acids is 1. The van der Waals surface area contributed by atoms with E-state index < -0.39 is 126 Å². The standard InChI is InChI=1S/C25H47NO16Si/c1-10(30)26-14-17(33)15(31)11(7-27)38-23(14)42-22-16(32)12(8-28)39-25(20(22)36)41-21-13(9-29)40-24(19(35)18(21)34)37-5-6-43(2,3)4/h11-25,27-29,31-36H,5-9H2,1-4H3,(H,26,30)/t11-,12-,13-,14+,15+,16+,17-,18-,19-,20-,21+,22+,23+,24+,25+/m1/s1. The maximum Gasteiger partial charge on any atom is 0.217 e. The van der Waals surface area contributed by atoms with Gasteiger partial charge in [-0.3, -0.25) is 4.79 Å². The summed E-state index contributed by atoms with van der Waals surface area (Å²) in [4.78, 5) is 11.8. The second-order valence-corrected chi connectivity index (χ2v) is 17.9. The molecule has 10 N–H and O–H groups in total. The zero-order chi connectivity index (χ0) is 32.2. The molecule has 0 aliphatic carbocycles. The number of nitrogens with one attached hydrogen (secondary N) is 1. The Hall–Kier alpha value is -0.913. The van der Waals surface area contributed by atoms with Gasteiger partial charge in [0.2, 0.25) is 5.91 Å². The molecule has 3 aliphatic heterocycles. The van der Waals surface area contributed by atoms with Crippen molar-refractivity contribution < 1.29 is 79.2 Å². The van der Waals surface area contributed by atoms with Crippen LogP contribution in [0.25, 0.3) is 0 Å². The third-order valence-corrected chi connectivity index (χ3v) is 9.31. The highest BCUT2D eigenvalue weighted by Crippen LogP contribution is 2.33. The minimum Gasteiger partial charge on any atom is -0.394 e. The number of hydrogen-bond donors (Lipinski definition) is 10. The van der Waals surface area contributed by atoms with Crippen LogP contribution in [0.4, 0.5) is 0 Å². The first kappa shape index (κ1) is 36.6. The van der Waals surface area contributed by atoms with Crippen molar-refractivity contribution in [1.29, 1.82) is 0 Å². The Morgan fingerprint density at radius 3 is 1.77 bits per heavy atom. The maximum absolute atomic E-state index is 11.8. The number of aliphatic hydroxyl groups is 9. The molecule has 3 rings (SSSR count). The van der Waals surface area contributed by atoms with Gasteiger partial charge in [-0.2, -0.15) is 0 Å². The average Bonchev–Trinajstić information content (AvgIpc) is 2.94. The van der Waals surface area contributed by atoms with Crippen molar-refractivity contribution in [2.75, 3.05) is 26.4 Å². The van der Waals surface area contributed by atoms with Crippen LogP contribution < -0.4 is 5.32 Å². The molecule has 0 bridgehead atoms. The van der Waals surface area contributed by atoms with Gasteiger partial charge in [0.25, 0.3) is 0 Å². The van der Waals surface area contributed by atoms with Crippen LogP contribution in [0.1, 0.15) is 6.92 Å². The van der Waals surface area contributed by atoms with Gasteiger partial charge in [-0.05, 0) is 6.04 Å². The molecule has 252 valence electrons. The van der Waals surface area contributed by atoms with Crippen molar-refractivity contribution in [3.8, 4) is 0 Å². The SMILES string of the molecule is CC(=O)N[C@@H]1[C@H](O[C@H]2[C@@H](O)[C@@H](CO)O[C@@H](O[C@@H]3[C@H](O)[C@@H](O)[C@@H](OCC[Si](C)(C)C)O[C@@H]3CO)[C@@H]2O)O[C@H](CO)[C@H](O)[C@@H]1O. The molecule has 3 fully saturated rings. The number of aliphatic hydroxyl groups excluding tert-OH is 9. The second-order valence-electron chi connectivity index (χ2n) is 12.2. The quantitative estimate of drug-likeness (QED) is 0.0890. The Balaban J connectivity index is 1.78. The molecule has 0 saturated carbocycles. The van der Waals surface area contributed by atoms with Crippen molar-refractivity contribution in [1.82, 2.24) is 5.32 Å². The summed E-state index contributed by atoms with van der Waals surface area (Å²) in [6.07, 6.45) is -22.1. The van der Waals surface area contributed by atoms with Crippen molar-refractivity contribution >= 4 is 14.0 Å². The second kappa shape index (κ2) is 15.6. The lowest BCUT2D eigenvalue weighted by molar-refractivity contribution is -0.375. The van der Waals surface area contributed by atoms with E-state index in [1.54, 1.807) is 0 Å². The molecule has 0 unspecified atom stereocenters. The van der Waals surface area contributed by atoms with E-state index >= 15 is 0 Å². The molecule has 0 aromatic carbocycles. The van der Waals surface area contributed by atoms with Crippen molar-refractivity contribution in [3.63, 3.8) is 0 Å². The topological polar surface area (TPSA) is 267 Å². The molecule has 15 atom stereocenters. The molecular formula is C25H47NO16Si. The molecule has 0 spiro atoms. The van der Waals surface area contributed by atoms with Crippen LogP contribution in [0, 0.1) is 0 Å². The van der Waals surface area contributed by atoms with E-state index in [1.165, 1.54) is 0 Å². The van der Waals surface area contributed by atoms with Gasteiger partial charge < -0.3 is 79.7 Å². The van der Waals surface area contributed by atoms with Gasteiger partial charge in [-0.25, -0.2) is 0 Å². The molecule has 0 aromatic heterocycles. The van der Waals surface area contributed by atoms with Gasteiger partial charge in [0.15, 0.2) is 18.9 Å². The fourth-order valence-corrected chi connectivity index (χ4v) is 5.79. The zero-order valence-electron chi connectivity index (χ0n) is 24.6. The molecular weight excluding hydrogens is 598 g/mol. The minimum atomic E-state index is -1.88. The van der Waals surface area contributed by atoms with Crippen molar-refractivity contribution in [2.24, 2.45) is 0 Å². The van der Waals surface area contributed by atoms with Gasteiger partial charge >= 0.3 is 0 Å². The lowest BCUT2D eigenvalue weighted by Gasteiger charge is -2.48. The van der Waals surface area contributed by atoms with Crippen LogP contribution >= 0.6 is 0 Å². The first-order valence-electron chi connectivity index (χ1n) is 14.2. The van der Waals surface area contributed by atoms with E-state index in [2.05, 4.69) is 25.0 Å².